The van der Waals surface area contributed by atoms with Crippen LogP contribution >= 0.6 is 0 Å². The third-order valence-electron chi connectivity index (χ3n) is 2.05. The van der Waals surface area contributed by atoms with Gasteiger partial charge in [0.05, 0.1) is 6.26 Å². The van der Waals surface area contributed by atoms with E-state index >= 15 is 0 Å². The highest BCUT2D eigenvalue weighted by atomic mass is 32.2. The van der Waals surface area contributed by atoms with Gasteiger partial charge in [0.15, 0.2) is 0 Å². The van der Waals surface area contributed by atoms with E-state index in [-0.39, 0.29) is 0 Å². The van der Waals surface area contributed by atoms with E-state index in [0.717, 1.165) is 19.1 Å². The van der Waals surface area contributed by atoms with Crippen molar-refractivity contribution >= 4 is 10.1 Å². The van der Waals surface area contributed by atoms with E-state index in [0.29, 0.717) is 0 Å². The maximum absolute atomic E-state index is 10.6. The minimum Gasteiger partial charge on any atom is -0.391 e. The second-order valence-electron chi connectivity index (χ2n) is 3.73. The van der Waals surface area contributed by atoms with Crippen molar-refractivity contribution in [2.24, 2.45) is 0 Å². The molecule has 4 heteroatoms. The Morgan fingerprint density at radius 3 is 2.27 bits per heavy atom. The normalized spacial score (nSPS) is 12.1. The summed E-state index contributed by atoms with van der Waals surface area (Å²) in [6, 6.07) is 0. The molecule has 0 saturated carbocycles. The van der Waals surface area contributed by atoms with Gasteiger partial charge in [0.1, 0.15) is 6.26 Å². The van der Waals surface area contributed by atoms with Gasteiger partial charge < -0.3 is 4.18 Å². The van der Waals surface area contributed by atoms with Crippen molar-refractivity contribution in [3.05, 3.63) is 12.3 Å². The summed E-state index contributed by atoms with van der Waals surface area (Å²) in [7, 11) is -3.32. The van der Waals surface area contributed by atoms with Crippen LogP contribution in [0.25, 0.3) is 0 Å². The van der Waals surface area contributed by atoms with Crippen molar-refractivity contribution < 1.29 is 12.6 Å². The SMILES string of the molecule is CCCCCCCC/C=C/OS(C)(=O)=O. The lowest BCUT2D eigenvalue weighted by atomic mass is 10.1. The number of allylic oxidation sites excluding steroid dienone is 1. The lowest BCUT2D eigenvalue weighted by molar-refractivity contribution is 0.447. The van der Waals surface area contributed by atoms with Crippen LogP contribution in [-0.4, -0.2) is 14.7 Å². The minimum atomic E-state index is -3.32. The van der Waals surface area contributed by atoms with E-state index in [1.54, 1.807) is 6.08 Å². The fraction of sp³-hybridized carbons (Fsp3) is 0.818. The lowest BCUT2D eigenvalue weighted by Crippen LogP contribution is -1.95. The maximum atomic E-state index is 10.6. The molecule has 0 aromatic heterocycles. The monoisotopic (exact) mass is 234 g/mol. The van der Waals surface area contributed by atoms with Crippen LogP contribution in [0.4, 0.5) is 0 Å². The third-order valence-corrected chi connectivity index (χ3v) is 2.51. The number of unbranched alkanes of at least 4 members (excludes halogenated alkanes) is 6. The van der Waals surface area contributed by atoms with Crippen LogP contribution in [-0.2, 0) is 14.3 Å². The molecule has 0 unspecified atom stereocenters. The molecule has 0 aliphatic rings. The molecule has 0 saturated heterocycles. The topological polar surface area (TPSA) is 43.4 Å². The quantitative estimate of drug-likeness (QED) is 0.349. The molecule has 0 amide bonds. The Morgan fingerprint density at radius 2 is 1.67 bits per heavy atom. The summed E-state index contributed by atoms with van der Waals surface area (Å²) in [6.45, 7) is 2.20. The summed E-state index contributed by atoms with van der Waals surface area (Å²) >= 11 is 0. The summed E-state index contributed by atoms with van der Waals surface area (Å²) in [5.74, 6) is 0. The van der Waals surface area contributed by atoms with Crippen LogP contribution in [0.1, 0.15) is 51.9 Å². The highest BCUT2D eigenvalue weighted by Crippen LogP contribution is 2.07. The smallest absolute Gasteiger partial charge is 0.305 e. The summed E-state index contributed by atoms with van der Waals surface area (Å²) < 4.78 is 25.6. The fourth-order valence-electron chi connectivity index (χ4n) is 1.25. The Hall–Kier alpha value is -0.510. The third kappa shape index (κ3) is 13.5. The van der Waals surface area contributed by atoms with E-state index in [1.807, 2.05) is 0 Å². The van der Waals surface area contributed by atoms with Crippen LogP contribution in [0.2, 0.25) is 0 Å². The Labute approximate surface area is 93.6 Å². The van der Waals surface area contributed by atoms with Crippen molar-refractivity contribution in [3.8, 4) is 0 Å². The first-order chi connectivity index (χ1) is 7.06. The maximum Gasteiger partial charge on any atom is 0.305 e. The zero-order chi connectivity index (χ0) is 11.6. The van der Waals surface area contributed by atoms with E-state index in [4.69, 9.17) is 0 Å². The number of hydrogen-bond acceptors (Lipinski definition) is 3. The second-order valence-corrected chi connectivity index (χ2v) is 5.33. The summed E-state index contributed by atoms with van der Waals surface area (Å²) in [5.41, 5.74) is 0. The molecule has 0 aliphatic heterocycles. The molecular weight excluding hydrogens is 212 g/mol. The fourth-order valence-corrected chi connectivity index (χ4v) is 1.53. The van der Waals surface area contributed by atoms with Gasteiger partial charge in [-0.25, -0.2) is 0 Å². The average molecular weight is 234 g/mol. The Kier molecular flexibility index (Phi) is 8.47. The molecule has 90 valence electrons. The van der Waals surface area contributed by atoms with Crippen LogP contribution < -0.4 is 0 Å². The van der Waals surface area contributed by atoms with Crippen LogP contribution in [0.5, 0.6) is 0 Å². The highest BCUT2D eigenvalue weighted by Gasteiger charge is 1.95. The molecule has 15 heavy (non-hydrogen) atoms. The van der Waals surface area contributed by atoms with E-state index in [2.05, 4.69) is 11.1 Å². The average Bonchev–Trinajstić information content (AvgIpc) is 2.14. The van der Waals surface area contributed by atoms with Crippen molar-refractivity contribution in [3.63, 3.8) is 0 Å². The van der Waals surface area contributed by atoms with Gasteiger partial charge >= 0.3 is 10.1 Å². The van der Waals surface area contributed by atoms with Gasteiger partial charge in [-0.3, -0.25) is 0 Å². The molecule has 0 aliphatic carbocycles. The van der Waals surface area contributed by atoms with Crippen molar-refractivity contribution in [2.75, 3.05) is 6.26 Å². The summed E-state index contributed by atoms with van der Waals surface area (Å²) in [5, 5.41) is 0. The molecule has 0 atom stereocenters. The van der Waals surface area contributed by atoms with Gasteiger partial charge in [0.2, 0.25) is 0 Å². The summed E-state index contributed by atoms with van der Waals surface area (Å²) in [6.07, 6.45) is 12.4. The van der Waals surface area contributed by atoms with Crippen molar-refractivity contribution in [2.45, 2.75) is 51.9 Å². The first-order valence-electron chi connectivity index (χ1n) is 5.59. The van der Waals surface area contributed by atoms with Gasteiger partial charge in [-0.05, 0) is 18.9 Å². The van der Waals surface area contributed by atoms with Gasteiger partial charge in [-0.2, -0.15) is 8.42 Å². The van der Waals surface area contributed by atoms with E-state index in [1.165, 1.54) is 38.4 Å². The molecule has 3 nitrogen and oxygen atoms in total. The predicted octanol–water partition coefficient (Wildman–Crippen LogP) is 3.23. The molecule has 0 bridgehead atoms. The van der Waals surface area contributed by atoms with E-state index in [9.17, 15) is 8.42 Å². The molecule has 0 aromatic rings. The molecule has 0 N–H and O–H groups in total. The molecule has 0 heterocycles. The van der Waals surface area contributed by atoms with Gasteiger partial charge in [0, 0.05) is 0 Å². The Balaban J connectivity index is 3.24. The zero-order valence-electron chi connectivity index (χ0n) is 9.74. The number of hydrogen-bond donors (Lipinski definition) is 0. The van der Waals surface area contributed by atoms with Gasteiger partial charge in [0.25, 0.3) is 0 Å². The molecule has 0 spiro atoms. The minimum absolute atomic E-state index is 0.891. The lowest BCUT2D eigenvalue weighted by Gasteiger charge is -1.98. The van der Waals surface area contributed by atoms with Crippen LogP contribution in [0, 0.1) is 0 Å². The van der Waals surface area contributed by atoms with Gasteiger partial charge in [-0.1, -0.05) is 39.0 Å². The molecular formula is C11H22O3S. The molecule has 0 fully saturated rings. The van der Waals surface area contributed by atoms with Crippen LogP contribution in [0.3, 0.4) is 0 Å². The Morgan fingerprint density at radius 1 is 1.07 bits per heavy atom. The second kappa shape index (κ2) is 8.77. The highest BCUT2D eigenvalue weighted by molar-refractivity contribution is 7.86. The number of rotatable bonds is 9. The van der Waals surface area contributed by atoms with Crippen LogP contribution in [0.15, 0.2) is 12.3 Å². The zero-order valence-corrected chi connectivity index (χ0v) is 10.6. The molecule has 0 radical (unpaired) electrons. The van der Waals surface area contributed by atoms with Crippen molar-refractivity contribution in [1.29, 1.82) is 0 Å². The standard InChI is InChI=1S/C11H22O3S/c1-3-4-5-6-7-8-9-10-11-14-15(2,12)13/h10-11H,3-9H2,1-2H3/b11-10+. The first-order valence-corrected chi connectivity index (χ1v) is 7.41. The van der Waals surface area contributed by atoms with Gasteiger partial charge in [-0.15, -0.1) is 0 Å². The largest absolute Gasteiger partial charge is 0.391 e. The van der Waals surface area contributed by atoms with E-state index < -0.39 is 10.1 Å². The predicted molar refractivity (Wildman–Crippen MR) is 63.1 cm³/mol. The first kappa shape index (κ1) is 14.5. The summed E-state index contributed by atoms with van der Waals surface area (Å²) in [4.78, 5) is 0. The molecule has 0 aromatic carbocycles. The Bertz CT molecular complexity index is 255. The van der Waals surface area contributed by atoms with Crippen molar-refractivity contribution in [1.82, 2.24) is 0 Å². The molecule has 0 rings (SSSR count).